The Balaban J connectivity index is 1.83. The predicted molar refractivity (Wildman–Crippen MR) is 107 cm³/mol. The highest BCUT2D eigenvalue weighted by Crippen LogP contribution is 2.41. The maximum atomic E-state index is 13.3. The Bertz CT molecular complexity index is 659. The summed E-state index contributed by atoms with van der Waals surface area (Å²) in [4.78, 5) is 27.9. The van der Waals surface area contributed by atoms with Crippen molar-refractivity contribution in [2.24, 2.45) is 11.8 Å². The van der Waals surface area contributed by atoms with Crippen LogP contribution in [0, 0.1) is 17.7 Å². The third-order valence-electron chi connectivity index (χ3n) is 5.40. The van der Waals surface area contributed by atoms with Gasteiger partial charge >= 0.3 is 0 Å². The van der Waals surface area contributed by atoms with Gasteiger partial charge in [0.1, 0.15) is 11.9 Å². The molecule has 2 atom stereocenters. The molecule has 4 nitrogen and oxygen atoms in total. The highest BCUT2D eigenvalue weighted by molar-refractivity contribution is 8.00. The van der Waals surface area contributed by atoms with E-state index in [2.05, 4.69) is 19.2 Å². The molecule has 0 unspecified atom stereocenters. The lowest BCUT2D eigenvalue weighted by Gasteiger charge is -2.35. The van der Waals surface area contributed by atoms with E-state index in [1.165, 1.54) is 43.5 Å². The van der Waals surface area contributed by atoms with Crippen molar-refractivity contribution in [1.29, 1.82) is 0 Å². The van der Waals surface area contributed by atoms with Gasteiger partial charge < -0.3 is 10.2 Å². The summed E-state index contributed by atoms with van der Waals surface area (Å²) in [6, 6.07) is 5.18. The second-order valence-corrected chi connectivity index (χ2v) is 9.15. The quantitative estimate of drug-likeness (QED) is 0.822. The summed E-state index contributed by atoms with van der Waals surface area (Å²) in [7, 11) is 0. The van der Waals surface area contributed by atoms with E-state index in [0.717, 1.165) is 12.8 Å². The van der Waals surface area contributed by atoms with Crippen LogP contribution in [0.1, 0.15) is 56.3 Å². The van der Waals surface area contributed by atoms with E-state index >= 15 is 0 Å². The van der Waals surface area contributed by atoms with E-state index in [4.69, 9.17) is 0 Å². The van der Waals surface area contributed by atoms with Crippen LogP contribution in [0.15, 0.2) is 24.3 Å². The van der Waals surface area contributed by atoms with E-state index in [1.807, 2.05) is 0 Å². The van der Waals surface area contributed by atoms with E-state index < -0.39 is 6.04 Å². The van der Waals surface area contributed by atoms with Gasteiger partial charge in [-0.1, -0.05) is 33.1 Å². The Kier molecular flexibility index (Phi) is 6.79. The summed E-state index contributed by atoms with van der Waals surface area (Å²) in [5.41, 5.74) is 0.446. The van der Waals surface area contributed by atoms with Crippen LogP contribution in [0.5, 0.6) is 0 Å². The average molecular weight is 393 g/mol. The van der Waals surface area contributed by atoms with Gasteiger partial charge in [0.15, 0.2) is 0 Å². The number of nitrogens with one attached hydrogen (secondary N) is 1. The fourth-order valence-electron chi connectivity index (χ4n) is 3.93. The molecule has 2 aliphatic rings. The Morgan fingerprint density at radius 1 is 1.19 bits per heavy atom. The first-order chi connectivity index (χ1) is 13.0. The molecule has 0 aromatic heterocycles. The molecule has 148 valence electrons. The van der Waals surface area contributed by atoms with Gasteiger partial charge in [0.2, 0.25) is 5.91 Å². The van der Waals surface area contributed by atoms with Gasteiger partial charge in [-0.25, -0.2) is 4.39 Å². The van der Waals surface area contributed by atoms with Crippen LogP contribution in [0.4, 0.5) is 4.39 Å². The highest BCUT2D eigenvalue weighted by Gasteiger charge is 2.45. The Labute approximate surface area is 165 Å². The van der Waals surface area contributed by atoms with Gasteiger partial charge in [-0.15, -0.1) is 11.8 Å². The number of halogens is 1. The van der Waals surface area contributed by atoms with Crippen molar-refractivity contribution >= 4 is 23.6 Å². The monoisotopic (exact) mass is 392 g/mol. The Morgan fingerprint density at radius 2 is 1.85 bits per heavy atom. The molecule has 1 saturated heterocycles. The summed E-state index contributed by atoms with van der Waals surface area (Å²) in [6.45, 7) is 4.71. The zero-order valence-electron chi connectivity index (χ0n) is 16.1. The van der Waals surface area contributed by atoms with Crippen molar-refractivity contribution in [3.8, 4) is 0 Å². The first kappa shape index (κ1) is 20.2. The zero-order valence-corrected chi connectivity index (χ0v) is 16.9. The van der Waals surface area contributed by atoms with E-state index in [0.29, 0.717) is 29.7 Å². The number of carbonyl (C=O) groups is 2. The molecule has 0 bridgehead atoms. The molecular weight excluding hydrogens is 363 g/mol. The number of nitrogens with zero attached hydrogens (tertiary/aromatic N) is 1. The van der Waals surface area contributed by atoms with Crippen LogP contribution in [-0.4, -0.2) is 40.4 Å². The molecule has 0 radical (unpaired) electrons. The van der Waals surface area contributed by atoms with Crippen LogP contribution in [0.3, 0.4) is 0 Å². The van der Waals surface area contributed by atoms with Gasteiger partial charge in [0, 0.05) is 17.9 Å². The molecule has 1 N–H and O–H groups in total. The Morgan fingerprint density at radius 3 is 2.48 bits per heavy atom. The van der Waals surface area contributed by atoms with Crippen molar-refractivity contribution < 1.29 is 14.0 Å². The lowest BCUT2D eigenvalue weighted by atomic mass is 9.88. The number of carbonyl (C=O) groups excluding carboxylic acids is 2. The number of hydrogen-bond donors (Lipinski definition) is 1. The van der Waals surface area contributed by atoms with Crippen molar-refractivity contribution in [3.05, 3.63) is 35.6 Å². The van der Waals surface area contributed by atoms with Crippen molar-refractivity contribution in [3.63, 3.8) is 0 Å². The molecule has 6 heteroatoms. The second-order valence-electron chi connectivity index (χ2n) is 8.00. The van der Waals surface area contributed by atoms with Gasteiger partial charge in [-0.2, -0.15) is 0 Å². The van der Waals surface area contributed by atoms with Crippen LogP contribution >= 0.6 is 11.8 Å². The van der Waals surface area contributed by atoms with Gasteiger partial charge in [-0.05, 0) is 48.9 Å². The molecule has 2 amide bonds. The summed E-state index contributed by atoms with van der Waals surface area (Å²) in [5.74, 6) is 0.801. The molecule has 0 spiro atoms. The van der Waals surface area contributed by atoms with Gasteiger partial charge in [-0.3, -0.25) is 9.59 Å². The smallest absolute Gasteiger partial charge is 0.255 e. The number of thioether (sulfide) groups is 1. The second kappa shape index (κ2) is 9.09. The molecule has 1 heterocycles. The topological polar surface area (TPSA) is 49.4 Å². The molecule has 27 heavy (non-hydrogen) atoms. The molecule has 1 aromatic carbocycles. The molecular formula is C21H29FN2O2S. The molecule has 1 aromatic rings. The minimum atomic E-state index is -0.460. The lowest BCUT2D eigenvalue weighted by molar-refractivity contribution is -0.125. The molecule has 1 aliphatic heterocycles. The normalized spacial score (nSPS) is 23.6. The van der Waals surface area contributed by atoms with Crippen LogP contribution in [-0.2, 0) is 4.79 Å². The molecule has 2 fully saturated rings. The maximum absolute atomic E-state index is 13.3. The Hall–Kier alpha value is -1.56. The lowest BCUT2D eigenvalue weighted by Crippen LogP contribution is -2.52. The standard InChI is InChI=1S/C21H29FN2O2S/c1-14(2)12-23-19(25)18-13-27-21(16-6-4-3-5-7-16)24(18)20(26)15-8-10-17(22)11-9-15/h8-11,14,16,18,21H,3-7,12-13H2,1-2H3,(H,23,25)/t18-,21+/m0/s1. The van der Waals surface area contributed by atoms with E-state index in [-0.39, 0.29) is 23.0 Å². The largest absolute Gasteiger partial charge is 0.354 e. The summed E-state index contributed by atoms with van der Waals surface area (Å²) < 4.78 is 13.3. The first-order valence-electron chi connectivity index (χ1n) is 9.95. The van der Waals surface area contributed by atoms with Crippen molar-refractivity contribution in [1.82, 2.24) is 10.2 Å². The average Bonchev–Trinajstić information content (AvgIpc) is 3.12. The number of benzene rings is 1. The van der Waals surface area contributed by atoms with E-state index in [9.17, 15) is 14.0 Å². The van der Waals surface area contributed by atoms with Gasteiger partial charge in [0.05, 0.1) is 5.37 Å². The zero-order chi connectivity index (χ0) is 19.4. The predicted octanol–water partition coefficient (Wildman–Crippen LogP) is 4.06. The number of amides is 2. The minimum absolute atomic E-state index is 0.0256. The molecule has 1 aliphatic carbocycles. The minimum Gasteiger partial charge on any atom is -0.354 e. The summed E-state index contributed by atoms with van der Waals surface area (Å²) in [6.07, 6.45) is 5.82. The van der Waals surface area contributed by atoms with Crippen LogP contribution in [0.25, 0.3) is 0 Å². The number of hydrogen-bond acceptors (Lipinski definition) is 3. The first-order valence-corrected chi connectivity index (χ1v) is 11.0. The third kappa shape index (κ3) is 4.84. The van der Waals surface area contributed by atoms with Crippen molar-refractivity contribution in [2.45, 2.75) is 57.4 Å². The summed E-state index contributed by atoms with van der Waals surface area (Å²) >= 11 is 1.72. The third-order valence-corrected chi connectivity index (χ3v) is 6.86. The fourth-order valence-corrected chi connectivity index (χ4v) is 5.57. The molecule has 1 saturated carbocycles. The SMILES string of the molecule is CC(C)CNC(=O)[C@@H]1CS[C@H](C2CCCCC2)N1C(=O)c1ccc(F)cc1. The highest BCUT2D eigenvalue weighted by atomic mass is 32.2. The van der Waals surface area contributed by atoms with Gasteiger partial charge in [0.25, 0.3) is 5.91 Å². The van der Waals surface area contributed by atoms with Crippen LogP contribution in [0.2, 0.25) is 0 Å². The molecule has 3 rings (SSSR count). The number of rotatable bonds is 5. The van der Waals surface area contributed by atoms with Crippen LogP contribution < -0.4 is 5.32 Å². The fraction of sp³-hybridized carbons (Fsp3) is 0.619. The van der Waals surface area contributed by atoms with Crippen molar-refractivity contribution in [2.75, 3.05) is 12.3 Å². The van der Waals surface area contributed by atoms with E-state index in [1.54, 1.807) is 16.7 Å². The maximum Gasteiger partial charge on any atom is 0.255 e. The summed E-state index contributed by atoms with van der Waals surface area (Å²) in [5, 5.41) is 3.01.